The third-order valence-electron chi connectivity index (χ3n) is 1.98. The lowest BCUT2D eigenvalue weighted by atomic mass is 10.0. The van der Waals surface area contributed by atoms with E-state index in [2.05, 4.69) is 16.8 Å². The van der Waals surface area contributed by atoms with E-state index in [1.54, 1.807) is 6.20 Å². The van der Waals surface area contributed by atoms with E-state index in [1.165, 1.54) is 5.56 Å². The van der Waals surface area contributed by atoms with E-state index in [0.29, 0.717) is 6.42 Å². The molecule has 1 atom stereocenters. The van der Waals surface area contributed by atoms with E-state index in [1.807, 2.05) is 26.1 Å². The van der Waals surface area contributed by atoms with Gasteiger partial charge in [0.2, 0.25) is 0 Å². The van der Waals surface area contributed by atoms with Crippen LogP contribution in [0.25, 0.3) is 0 Å². The molecule has 1 rings (SSSR count). The number of nitrogens with zero attached hydrogens (tertiary/aromatic N) is 1. The number of nitrogens with two attached hydrogens (primary N) is 1. The van der Waals surface area contributed by atoms with Gasteiger partial charge in [-0.15, -0.1) is 11.8 Å². The largest absolute Gasteiger partial charge is 0.323 e. The molecule has 2 N–H and O–H groups in total. The molecule has 0 fully saturated rings. The summed E-state index contributed by atoms with van der Waals surface area (Å²) < 4.78 is 0. The quantitative estimate of drug-likeness (QED) is 0.694. The summed E-state index contributed by atoms with van der Waals surface area (Å²) in [4.78, 5) is 4.05. The summed E-state index contributed by atoms with van der Waals surface area (Å²) in [5, 5.41) is 0. The van der Waals surface area contributed by atoms with Crippen molar-refractivity contribution in [2.45, 2.75) is 26.3 Å². The normalized spacial score (nSPS) is 11.6. The Bertz CT molecular complexity index is 333. The van der Waals surface area contributed by atoms with E-state index < -0.39 is 0 Å². The monoisotopic (exact) mass is 174 g/mol. The Labute approximate surface area is 79.2 Å². The Morgan fingerprint density at radius 3 is 3.00 bits per heavy atom. The van der Waals surface area contributed by atoms with Crippen molar-refractivity contribution in [3.05, 3.63) is 29.6 Å². The van der Waals surface area contributed by atoms with Gasteiger partial charge in [0.15, 0.2) is 0 Å². The number of aromatic nitrogens is 1. The van der Waals surface area contributed by atoms with E-state index >= 15 is 0 Å². The molecule has 0 radical (unpaired) electrons. The predicted molar refractivity (Wildman–Crippen MR) is 54.0 cm³/mol. The molecule has 2 nitrogen and oxygen atoms in total. The topological polar surface area (TPSA) is 38.9 Å². The second-order valence-electron chi connectivity index (χ2n) is 2.97. The van der Waals surface area contributed by atoms with Gasteiger partial charge in [-0.3, -0.25) is 4.98 Å². The molecule has 2 heteroatoms. The molecular formula is C11H14N2. The second kappa shape index (κ2) is 4.64. The highest BCUT2D eigenvalue weighted by Crippen LogP contribution is 2.15. The first kappa shape index (κ1) is 9.76. The maximum atomic E-state index is 5.94. The van der Waals surface area contributed by atoms with Crippen LogP contribution in [0.15, 0.2) is 18.5 Å². The van der Waals surface area contributed by atoms with Crippen LogP contribution in [0.3, 0.4) is 0 Å². The average molecular weight is 174 g/mol. The van der Waals surface area contributed by atoms with Gasteiger partial charge in [-0.2, -0.15) is 0 Å². The van der Waals surface area contributed by atoms with Crippen LogP contribution in [-0.2, 0) is 0 Å². The van der Waals surface area contributed by atoms with Gasteiger partial charge in [0.05, 0.1) is 0 Å². The van der Waals surface area contributed by atoms with Crippen LogP contribution in [0.5, 0.6) is 0 Å². The van der Waals surface area contributed by atoms with Gasteiger partial charge in [-0.05, 0) is 31.0 Å². The van der Waals surface area contributed by atoms with Crippen molar-refractivity contribution in [2.24, 2.45) is 5.73 Å². The zero-order chi connectivity index (χ0) is 9.68. The summed E-state index contributed by atoms with van der Waals surface area (Å²) in [5.74, 6) is 5.81. The van der Waals surface area contributed by atoms with Crippen LogP contribution in [0.4, 0.5) is 0 Å². The highest BCUT2D eigenvalue weighted by Gasteiger charge is 2.06. The number of rotatable bonds is 2. The first-order chi connectivity index (χ1) is 6.25. The minimum Gasteiger partial charge on any atom is -0.323 e. The van der Waals surface area contributed by atoms with Crippen molar-refractivity contribution in [2.75, 3.05) is 0 Å². The molecule has 1 aromatic rings. The zero-order valence-electron chi connectivity index (χ0n) is 8.04. The van der Waals surface area contributed by atoms with E-state index in [9.17, 15) is 0 Å². The smallest absolute Gasteiger partial charge is 0.0423 e. The van der Waals surface area contributed by atoms with Crippen molar-refractivity contribution in [1.82, 2.24) is 4.98 Å². The Balaban J connectivity index is 2.80. The molecule has 68 valence electrons. The van der Waals surface area contributed by atoms with Gasteiger partial charge in [0, 0.05) is 24.9 Å². The third-order valence-corrected chi connectivity index (χ3v) is 1.98. The van der Waals surface area contributed by atoms with Gasteiger partial charge in [0.25, 0.3) is 0 Å². The molecule has 0 amide bonds. The first-order valence-corrected chi connectivity index (χ1v) is 4.31. The third kappa shape index (κ3) is 2.57. The van der Waals surface area contributed by atoms with Crippen LogP contribution >= 0.6 is 0 Å². The summed E-state index contributed by atoms with van der Waals surface area (Å²) in [6, 6.07) is 1.95. The van der Waals surface area contributed by atoms with Crippen LogP contribution in [-0.4, -0.2) is 4.98 Å². The number of hydrogen-bond acceptors (Lipinski definition) is 2. The van der Waals surface area contributed by atoms with Crippen LogP contribution < -0.4 is 5.73 Å². The summed E-state index contributed by atoms with van der Waals surface area (Å²) in [7, 11) is 0. The minimum absolute atomic E-state index is 0.0128. The Hall–Kier alpha value is -1.33. The summed E-state index contributed by atoms with van der Waals surface area (Å²) >= 11 is 0. The van der Waals surface area contributed by atoms with Crippen LogP contribution in [0.2, 0.25) is 0 Å². The van der Waals surface area contributed by atoms with Crippen LogP contribution in [0, 0.1) is 18.8 Å². The Kier molecular flexibility index (Phi) is 3.48. The second-order valence-corrected chi connectivity index (χ2v) is 2.97. The lowest BCUT2D eigenvalue weighted by molar-refractivity contribution is 0.743. The van der Waals surface area contributed by atoms with Crippen molar-refractivity contribution < 1.29 is 0 Å². The summed E-state index contributed by atoms with van der Waals surface area (Å²) in [6.45, 7) is 3.86. The van der Waals surface area contributed by atoms with Crippen molar-refractivity contribution >= 4 is 0 Å². The van der Waals surface area contributed by atoms with Crippen LogP contribution in [0.1, 0.15) is 30.5 Å². The zero-order valence-corrected chi connectivity index (χ0v) is 8.04. The predicted octanol–water partition coefficient (Wildman–Crippen LogP) is 1.80. The fraction of sp³-hybridized carbons (Fsp3) is 0.364. The minimum atomic E-state index is -0.0128. The fourth-order valence-electron chi connectivity index (χ4n) is 1.19. The molecule has 0 aliphatic carbocycles. The van der Waals surface area contributed by atoms with E-state index in [4.69, 9.17) is 5.73 Å². The highest BCUT2D eigenvalue weighted by atomic mass is 14.7. The average Bonchev–Trinajstić information content (AvgIpc) is 2.15. The van der Waals surface area contributed by atoms with Gasteiger partial charge in [-0.25, -0.2) is 0 Å². The molecule has 0 aliphatic rings. The van der Waals surface area contributed by atoms with E-state index in [-0.39, 0.29) is 6.04 Å². The number of pyridine rings is 1. The maximum Gasteiger partial charge on any atom is 0.0423 e. The standard InChI is InChI=1S/C11H14N2/c1-3-4-5-11(12)10-8-13-7-6-9(10)2/h6-8,11H,5,12H2,1-2H3. The molecule has 0 spiro atoms. The number of aryl methyl sites for hydroxylation is 1. The SMILES string of the molecule is CC#CCC(N)c1cnccc1C. The molecule has 1 aromatic heterocycles. The van der Waals surface area contributed by atoms with Gasteiger partial charge < -0.3 is 5.73 Å². The molecule has 0 bridgehead atoms. The first-order valence-electron chi connectivity index (χ1n) is 4.31. The van der Waals surface area contributed by atoms with E-state index in [0.717, 1.165) is 5.56 Å². The van der Waals surface area contributed by atoms with Crippen molar-refractivity contribution in [3.8, 4) is 11.8 Å². The molecule has 1 heterocycles. The lowest BCUT2D eigenvalue weighted by Gasteiger charge is -2.10. The van der Waals surface area contributed by atoms with Gasteiger partial charge in [0.1, 0.15) is 0 Å². The Morgan fingerprint density at radius 1 is 1.62 bits per heavy atom. The molecule has 1 unspecified atom stereocenters. The molecule has 0 saturated heterocycles. The lowest BCUT2D eigenvalue weighted by Crippen LogP contribution is -2.11. The van der Waals surface area contributed by atoms with Gasteiger partial charge in [-0.1, -0.05) is 0 Å². The van der Waals surface area contributed by atoms with Crippen molar-refractivity contribution in [1.29, 1.82) is 0 Å². The fourth-order valence-corrected chi connectivity index (χ4v) is 1.19. The maximum absolute atomic E-state index is 5.94. The molecule has 13 heavy (non-hydrogen) atoms. The number of hydrogen-bond donors (Lipinski definition) is 1. The molecule has 0 saturated carbocycles. The van der Waals surface area contributed by atoms with Crippen molar-refractivity contribution in [3.63, 3.8) is 0 Å². The molecular weight excluding hydrogens is 160 g/mol. The Morgan fingerprint density at radius 2 is 2.38 bits per heavy atom. The molecule has 0 aliphatic heterocycles. The summed E-state index contributed by atoms with van der Waals surface area (Å²) in [6.07, 6.45) is 4.29. The highest BCUT2D eigenvalue weighted by molar-refractivity contribution is 5.25. The molecule has 0 aromatic carbocycles. The van der Waals surface area contributed by atoms with Gasteiger partial charge >= 0.3 is 0 Å². The summed E-state index contributed by atoms with van der Waals surface area (Å²) in [5.41, 5.74) is 8.21.